The molecule has 0 radical (unpaired) electrons. The Kier molecular flexibility index (Phi) is 8.48. The summed E-state index contributed by atoms with van der Waals surface area (Å²) in [5.41, 5.74) is 0.525. The lowest BCUT2D eigenvalue weighted by Crippen LogP contribution is -2.26. The monoisotopic (exact) mass is 388 g/mol. The lowest BCUT2D eigenvalue weighted by Gasteiger charge is -2.36. The predicted octanol–water partition coefficient (Wildman–Crippen LogP) is 7.47. The van der Waals surface area contributed by atoms with Gasteiger partial charge >= 0.3 is 5.97 Å². The van der Waals surface area contributed by atoms with Crippen molar-refractivity contribution in [2.45, 2.75) is 116 Å². The number of carbonyl (C=O) groups excluding carboxylic acids is 1. The van der Waals surface area contributed by atoms with E-state index in [1.807, 2.05) is 0 Å². The van der Waals surface area contributed by atoms with Crippen LogP contribution in [0.5, 0.6) is 0 Å². The maximum absolute atomic E-state index is 11.7. The van der Waals surface area contributed by atoms with Crippen LogP contribution in [0.2, 0.25) is 0 Å². The molecule has 160 valence electrons. The Labute approximate surface area is 173 Å². The van der Waals surface area contributed by atoms with Crippen LogP contribution in [0.4, 0.5) is 0 Å². The summed E-state index contributed by atoms with van der Waals surface area (Å²) in [6, 6.07) is 0. The molecule has 0 saturated heterocycles. The summed E-state index contributed by atoms with van der Waals surface area (Å²) in [6.45, 7) is 7.79. The first-order valence-electron chi connectivity index (χ1n) is 12.4. The third-order valence-corrected chi connectivity index (χ3v) is 8.26. The minimum Gasteiger partial charge on any atom is -0.459 e. The van der Waals surface area contributed by atoms with E-state index in [0.717, 1.165) is 42.4 Å². The zero-order valence-electron chi connectivity index (χ0n) is 18.6. The molecular weight excluding hydrogens is 344 g/mol. The maximum Gasteiger partial charge on any atom is 0.333 e. The summed E-state index contributed by atoms with van der Waals surface area (Å²) in [5, 5.41) is 0. The predicted molar refractivity (Wildman–Crippen MR) is 117 cm³/mol. The summed E-state index contributed by atoms with van der Waals surface area (Å²) >= 11 is 0. The number of hydrogen-bond donors (Lipinski definition) is 0. The Hall–Kier alpha value is -0.790. The van der Waals surface area contributed by atoms with Gasteiger partial charge in [0, 0.05) is 5.57 Å². The van der Waals surface area contributed by atoms with E-state index in [0.29, 0.717) is 5.57 Å². The molecule has 0 aromatic heterocycles. The minimum absolute atomic E-state index is 0.138. The molecule has 0 aromatic rings. The van der Waals surface area contributed by atoms with E-state index in [1.165, 1.54) is 83.5 Å². The summed E-state index contributed by atoms with van der Waals surface area (Å²) in [6.07, 6.45) is 21.0. The highest BCUT2D eigenvalue weighted by Crippen LogP contribution is 2.41. The number of carbonyl (C=O) groups is 1. The summed E-state index contributed by atoms with van der Waals surface area (Å²) in [4.78, 5) is 11.7. The Balaban J connectivity index is 1.29. The number of hydrogen-bond acceptors (Lipinski definition) is 2. The van der Waals surface area contributed by atoms with Crippen LogP contribution in [0.3, 0.4) is 0 Å². The van der Waals surface area contributed by atoms with E-state index in [1.54, 1.807) is 6.92 Å². The van der Waals surface area contributed by atoms with Crippen LogP contribution in [0.1, 0.15) is 110 Å². The molecule has 3 fully saturated rings. The van der Waals surface area contributed by atoms with Crippen molar-refractivity contribution in [1.29, 1.82) is 0 Å². The van der Waals surface area contributed by atoms with Gasteiger partial charge in [-0.25, -0.2) is 4.79 Å². The van der Waals surface area contributed by atoms with Gasteiger partial charge in [-0.1, -0.05) is 71.3 Å². The molecule has 2 heteroatoms. The van der Waals surface area contributed by atoms with Crippen molar-refractivity contribution >= 4 is 5.97 Å². The molecule has 3 rings (SSSR count). The molecule has 3 aliphatic carbocycles. The van der Waals surface area contributed by atoms with Crippen LogP contribution in [0.25, 0.3) is 0 Å². The van der Waals surface area contributed by atoms with Crippen LogP contribution in [0, 0.1) is 29.6 Å². The summed E-state index contributed by atoms with van der Waals surface area (Å²) in [5.74, 6) is 4.73. The average Bonchev–Trinajstić information content (AvgIpc) is 2.71. The molecule has 0 aliphatic heterocycles. The highest BCUT2D eigenvalue weighted by molar-refractivity contribution is 5.87. The van der Waals surface area contributed by atoms with E-state index in [9.17, 15) is 4.79 Å². The molecule has 0 N–H and O–H groups in total. The van der Waals surface area contributed by atoms with Gasteiger partial charge in [-0.2, -0.15) is 0 Å². The SMILES string of the molecule is C=C(C)C(=O)OC1CCC(CC2CCC(CC3CCC(CC)CC3)CC2)CC1. The molecule has 0 spiro atoms. The number of esters is 1. The first-order valence-corrected chi connectivity index (χ1v) is 12.4. The van der Waals surface area contributed by atoms with Crippen LogP contribution < -0.4 is 0 Å². The average molecular weight is 389 g/mol. The van der Waals surface area contributed by atoms with Crippen LogP contribution in [-0.2, 0) is 9.53 Å². The molecule has 2 nitrogen and oxygen atoms in total. The van der Waals surface area contributed by atoms with Gasteiger partial charge in [0.2, 0.25) is 0 Å². The Morgan fingerprint density at radius 1 is 0.714 bits per heavy atom. The topological polar surface area (TPSA) is 26.3 Å². The van der Waals surface area contributed by atoms with Gasteiger partial charge in [0.25, 0.3) is 0 Å². The van der Waals surface area contributed by atoms with Crippen molar-refractivity contribution in [3.63, 3.8) is 0 Å². The molecule has 0 atom stereocenters. The Morgan fingerprint density at radius 3 is 1.43 bits per heavy atom. The molecule has 0 unspecified atom stereocenters. The third-order valence-electron chi connectivity index (χ3n) is 8.26. The standard InChI is InChI=1S/C26H44O2/c1-4-20-5-7-21(8-6-20)17-22-9-11-23(12-10-22)18-24-13-15-25(16-14-24)28-26(27)19(2)3/h20-25H,2,4-18H2,1,3H3. The normalized spacial score (nSPS) is 36.6. The highest BCUT2D eigenvalue weighted by atomic mass is 16.5. The van der Waals surface area contributed by atoms with Gasteiger partial charge in [-0.3, -0.25) is 0 Å². The lowest BCUT2D eigenvalue weighted by molar-refractivity contribution is -0.146. The van der Waals surface area contributed by atoms with Crippen molar-refractivity contribution in [1.82, 2.24) is 0 Å². The smallest absolute Gasteiger partial charge is 0.333 e. The molecule has 28 heavy (non-hydrogen) atoms. The quantitative estimate of drug-likeness (QED) is 0.334. The fraction of sp³-hybridized carbons (Fsp3) is 0.885. The Morgan fingerprint density at radius 2 is 1.07 bits per heavy atom. The van der Waals surface area contributed by atoms with E-state index >= 15 is 0 Å². The van der Waals surface area contributed by atoms with E-state index in [4.69, 9.17) is 4.74 Å². The summed E-state index contributed by atoms with van der Waals surface area (Å²) < 4.78 is 5.55. The molecule has 0 amide bonds. The van der Waals surface area contributed by atoms with Crippen LogP contribution in [-0.4, -0.2) is 12.1 Å². The largest absolute Gasteiger partial charge is 0.459 e. The Bertz CT molecular complexity index is 487. The zero-order chi connectivity index (χ0) is 19.9. The highest BCUT2D eigenvalue weighted by Gasteiger charge is 2.30. The van der Waals surface area contributed by atoms with Gasteiger partial charge in [0.1, 0.15) is 6.10 Å². The molecule has 3 aliphatic rings. The first-order chi connectivity index (χ1) is 13.5. The minimum atomic E-state index is -0.204. The van der Waals surface area contributed by atoms with Gasteiger partial charge in [0.05, 0.1) is 0 Å². The van der Waals surface area contributed by atoms with Crippen LogP contribution in [0.15, 0.2) is 12.2 Å². The molecule has 0 bridgehead atoms. The van der Waals surface area contributed by atoms with Crippen LogP contribution >= 0.6 is 0 Å². The molecular formula is C26H44O2. The molecule has 0 heterocycles. The third kappa shape index (κ3) is 6.63. The van der Waals surface area contributed by atoms with E-state index < -0.39 is 0 Å². The second kappa shape index (κ2) is 10.8. The van der Waals surface area contributed by atoms with Crippen molar-refractivity contribution < 1.29 is 9.53 Å². The molecule has 3 saturated carbocycles. The van der Waals surface area contributed by atoms with Gasteiger partial charge < -0.3 is 4.74 Å². The summed E-state index contributed by atoms with van der Waals surface area (Å²) in [7, 11) is 0. The van der Waals surface area contributed by atoms with Crippen molar-refractivity contribution in [2.75, 3.05) is 0 Å². The number of rotatable bonds is 7. The van der Waals surface area contributed by atoms with Crippen molar-refractivity contribution in [3.05, 3.63) is 12.2 Å². The van der Waals surface area contributed by atoms with Crippen molar-refractivity contribution in [2.24, 2.45) is 29.6 Å². The van der Waals surface area contributed by atoms with Gasteiger partial charge in [-0.05, 0) is 75.0 Å². The second-order valence-electron chi connectivity index (χ2n) is 10.5. The first kappa shape index (κ1) is 21.9. The van der Waals surface area contributed by atoms with E-state index in [-0.39, 0.29) is 12.1 Å². The fourth-order valence-electron chi connectivity index (χ4n) is 6.26. The number of ether oxygens (including phenoxy) is 1. The maximum atomic E-state index is 11.7. The lowest BCUT2D eigenvalue weighted by atomic mass is 9.71. The van der Waals surface area contributed by atoms with E-state index in [2.05, 4.69) is 13.5 Å². The van der Waals surface area contributed by atoms with Crippen molar-refractivity contribution in [3.8, 4) is 0 Å². The zero-order valence-corrected chi connectivity index (χ0v) is 18.6. The molecule has 0 aromatic carbocycles. The van der Waals surface area contributed by atoms with Gasteiger partial charge in [-0.15, -0.1) is 0 Å². The van der Waals surface area contributed by atoms with Gasteiger partial charge in [0.15, 0.2) is 0 Å². The fourth-order valence-corrected chi connectivity index (χ4v) is 6.26. The second-order valence-corrected chi connectivity index (χ2v) is 10.5.